The molecule has 1 aromatic heterocycles. The molecule has 3 rings (SSSR count). The van der Waals surface area contributed by atoms with Crippen molar-refractivity contribution in [3.63, 3.8) is 0 Å². The van der Waals surface area contributed by atoms with Crippen molar-refractivity contribution in [1.82, 2.24) is 5.32 Å². The quantitative estimate of drug-likeness (QED) is 0.373. The Kier molecular flexibility index (Phi) is 7.71. The predicted molar refractivity (Wildman–Crippen MR) is 125 cm³/mol. The molecule has 182 valence electrons. The first-order chi connectivity index (χ1) is 15.4. The van der Waals surface area contributed by atoms with Crippen molar-refractivity contribution in [3.05, 3.63) is 53.0 Å². The zero-order chi connectivity index (χ0) is 24.5. The first-order valence-corrected chi connectivity index (χ1v) is 12.9. The molecule has 1 amide bonds. The maximum absolute atomic E-state index is 13.5. The molecule has 0 saturated carbocycles. The van der Waals surface area contributed by atoms with Gasteiger partial charge in [-0.15, -0.1) is 0 Å². The number of benzene rings is 1. The number of carbonyl (C=O) groups is 1. The summed E-state index contributed by atoms with van der Waals surface area (Å²) in [5.74, 6) is 0.259. The lowest BCUT2D eigenvalue weighted by Crippen LogP contribution is -2.58. The summed E-state index contributed by atoms with van der Waals surface area (Å²) in [6, 6.07) is 7.34. The molecular formula is C25H35NO6S. The van der Waals surface area contributed by atoms with Gasteiger partial charge in [0.25, 0.3) is 10.1 Å². The SMILES string of the molecule is CC(C)c1cc(C(C)C)c(S(=O)(=O)OC[C@H](O[C@@H]2NC(=O)[C@@H]2C)c2ccco2)c(C(C)C)c1. The fourth-order valence-electron chi connectivity index (χ4n) is 3.82. The van der Waals surface area contributed by atoms with E-state index in [9.17, 15) is 13.2 Å². The third kappa shape index (κ3) is 5.50. The van der Waals surface area contributed by atoms with Crippen LogP contribution < -0.4 is 5.32 Å². The minimum absolute atomic E-state index is 0.00210. The van der Waals surface area contributed by atoms with E-state index in [2.05, 4.69) is 19.2 Å². The largest absolute Gasteiger partial charge is 0.466 e. The van der Waals surface area contributed by atoms with Gasteiger partial charge in [-0.25, -0.2) is 0 Å². The first kappa shape index (κ1) is 25.5. The fraction of sp³-hybridized carbons (Fsp3) is 0.560. The molecule has 8 heteroatoms. The van der Waals surface area contributed by atoms with Crippen LogP contribution in [0.4, 0.5) is 0 Å². The summed E-state index contributed by atoms with van der Waals surface area (Å²) in [5.41, 5.74) is 2.60. The summed E-state index contributed by atoms with van der Waals surface area (Å²) in [6.07, 6.45) is 0.172. The Hall–Kier alpha value is -2.16. The van der Waals surface area contributed by atoms with E-state index in [-0.39, 0.29) is 41.1 Å². The third-order valence-electron chi connectivity index (χ3n) is 6.03. The second-order valence-corrected chi connectivity index (χ2v) is 11.1. The molecule has 2 heterocycles. The van der Waals surface area contributed by atoms with Gasteiger partial charge in [0.15, 0.2) is 0 Å². The molecule has 3 atom stereocenters. The van der Waals surface area contributed by atoms with Crippen LogP contribution in [0.2, 0.25) is 0 Å². The van der Waals surface area contributed by atoms with Crippen LogP contribution >= 0.6 is 0 Å². The van der Waals surface area contributed by atoms with E-state index in [1.165, 1.54) is 6.26 Å². The first-order valence-electron chi connectivity index (χ1n) is 11.5. The highest BCUT2D eigenvalue weighted by molar-refractivity contribution is 7.86. The van der Waals surface area contributed by atoms with E-state index in [1.807, 2.05) is 39.8 Å². The Balaban J connectivity index is 1.93. The average Bonchev–Trinajstić information content (AvgIpc) is 3.29. The number of ether oxygens (including phenoxy) is 1. The van der Waals surface area contributed by atoms with Gasteiger partial charge in [0.05, 0.1) is 12.2 Å². The number of β-lactam (4-membered cyclic amide) rings is 1. The van der Waals surface area contributed by atoms with Gasteiger partial charge in [0.1, 0.15) is 29.6 Å². The van der Waals surface area contributed by atoms with E-state index in [0.717, 1.165) is 16.7 Å². The Labute approximate surface area is 197 Å². The number of amides is 1. The molecule has 1 aliphatic rings. The van der Waals surface area contributed by atoms with Crippen LogP contribution in [0.15, 0.2) is 39.8 Å². The van der Waals surface area contributed by atoms with E-state index < -0.39 is 22.4 Å². The Morgan fingerprint density at radius 3 is 2.06 bits per heavy atom. The third-order valence-corrected chi connectivity index (χ3v) is 7.45. The number of carbonyl (C=O) groups excluding carboxylic acids is 1. The molecule has 0 radical (unpaired) electrons. The number of hydrogen-bond donors (Lipinski definition) is 1. The second kappa shape index (κ2) is 9.99. The van der Waals surface area contributed by atoms with Crippen LogP contribution in [-0.2, 0) is 23.8 Å². The number of hydrogen-bond acceptors (Lipinski definition) is 6. The minimum atomic E-state index is -4.10. The highest BCUT2D eigenvalue weighted by atomic mass is 32.2. The van der Waals surface area contributed by atoms with Crippen molar-refractivity contribution in [2.45, 2.75) is 83.4 Å². The van der Waals surface area contributed by atoms with Crippen LogP contribution in [0.1, 0.15) is 94.8 Å². The summed E-state index contributed by atoms with van der Waals surface area (Å²) < 4.78 is 44.1. The summed E-state index contributed by atoms with van der Waals surface area (Å²) in [7, 11) is -4.10. The monoisotopic (exact) mass is 477 g/mol. The number of rotatable bonds is 10. The molecule has 0 spiro atoms. The van der Waals surface area contributed by atoms with E-state index in [0.29, 0.717) is 5.76 Å². The molecule has 0 unspecified atom stereocenters. The molecule has 7 nitrogen and oxygen atoms in total. The minimum Gasteiger partial charge on any atom is -0.466 e. The summed E-state index contributed by atoms with van der Waals surface area (Å²) in [4.78, 5) is 11.8. The van der Waals surface area contributed by atoms with Gasteiger partial charge >= 0.3 is 0 Å². The summed E-state index contributed by atoms with van der Waals surface area (Å²) in [5, 5.41) is 2.67. The van der Waals surface area contributed by atoms with E-state index in [1.54, 1.807) is 19.1 Å². The Bertz CT molecular complexity index is 1040. The standard InChI is InChI=1S/C25H35NO6S/c1-14(2)18-11-19(15(3)4)23(20(12-18)16(5)6)33(28,29)31-13-22(21-9-8-10-30-21)32-25-17(7)24(27)26-25/h8-12,14-17,22,25H,13H2,1-7H3,(H,26,27)/t17-,22-,25-/m0/s1. The lowest BCUT2D eigenvalue weighted by atomic mass is 9.89. The van der Waals surface area contributed by atoms with Gasteiger partial charge in [-0.05, 0) is 53.5 Å². The van der Waals surface area contributed by atoms with Gasteiger partial charge in [-0.2, -0.15) is 8.42 Å². The smallest absolute Gasteiger partial charge is 0.297 e. The van der Waals surface area contributed by atoms with Gasteiger partial charge < -0.3 is 14.5 Å². The molecule has 2 aromatic rings. The number of nitrogens with one attached hydrogen (secondary N) is 1. The predicted octanol–water partition coefficient (Wildman–Crippen LogP) is 5.21. The van der Waals surface area contributed by atoms with Gasteiger partial charge in [0.2, 0.25) is 5.91 Å². The van der Waals surface area contributed by atoms with E-state index >= 15 is 0 Å². The molecule has 1 fully saturated rings. The topological polar surface area (TPSA) is 94.8 Å². The normalized spacial score (nSPS) is 19.8. The van der Waals surface area contributed by atoms with Gasteiger partial charge in [-0.3, -0.25) is 8.98 Å². The highest BCUT2D eigenvalue weighted by Crippen LogP contribution is 2.36. The zero-order valence-electron chi connectivity index (χ0n) is 20.4. The molecule has 1 aliphatic heterocycles. The number of furan rings is 1. The van der Waals surface area contributed by atoms with Crippen molar-refractivity contribution in [2.24, 2.45) is 5.92 Å². The zero-order valence-corrected chi connectivity index (χ0v) is 21.2. The van der Waals surface area contributed by atoms with Crippen LogP contribution in [-0.4, -0.2) is 27.2 Å². The van der Waals surface area contributed by atoms with Crippen LogP contribution in [0.5, 0.6) is 0 Å². The Morgan fingerprint density at radius 1 is 1.03 bits per heavy atom. The maximum Gasteiger partial charge on any atom is 0.297 e. The average molecular weight is 478 g/mol. The molecule has 1 aromatic carbocycles. The lowest BCUT2D eigenvalue weighted by Gasteiger charge is -2.36. The molecular weight excluding hydrogens is 442 g/mol. The van der Waals surface area contributed by atoms with Crippen molar-refractivity contribution >= 4 is 16.0 Å². The lowest BCUT2D eigenvalue weighted by molar-refractivity contribution is -0.163. The summed E-state index contributed by atoms with van der Waals surface area (Å²) >= 11 is 0. The Morgan fingerprint density at radius 2 is 1.64 bits per heavy atom. The van der Waals surface area contributed by atoms with Crippen molar-refractivity contribution in [3.8, 4) is 0 Å². The van der Waals surface area contributed by atoms with Crippen LogP contribution in [0.3, 0.4) is 0 Å². The molecule has 33 heavy (non-hydrogen) atoms. The van der Waals surface area contributed by atoms with Crippen LogP contribution in [0, 0.1) is 5.92 Å². The maximum atomic E-state index is 13.5. The van der Waals surface area contributed by atoms with Crippen molar-refractivity contribution in [2.75, 3.05) is 6.61 Å². The van der Waals surface area contributed by atoms with E-state index in [4.69, 9.17) is 13.3 Å². The summed E-state index contributed by atoms with van der Waals surface area (Å²) in [6.45, 7) is 13.6. The highest BCUT2D eigenvalue weighted by Gasteiger charge is 2.39. The molecule has 0 aliphatic carbocycles. The van der Waals surface area contributed by atoms with Crippen molar-refractivity contribution in [1.29, 1.82) is 0 Å². The molecule has 1 N–H and O–H groups in total. The molecule has 0 bridgehead atoms. The van der Waals surface area contributed by atoms with Crippen LogP contribution in [0.25, 0.3) is 0 Å². The molecule has 1 saturated heterocycles. The van der Waals surface area contributed by atoms with Gasteiger partial charge in [-0.1, -0.05) is 53.7 Å². The fourth-order valence-corrected chi connectivity index (χ4v) is 5.41. The van der Waals surface area contributed by atoms with Gasteiger partial charge in [0, 0.05) is 0 Å². The van der Waals surface area contributed by atoms with Crippen molar-refractivity contribution < 1.29 is 26.5 Å². The second-order valence-electron chi connectivity index (χ2n) is 9.59.